The summed E-state index contributed by atoms with van der Waals surface area (Å²) < 4.78 is 31.9. The van der Waals surface area contributed by atoms with Crippen molar-refractivity contribution in [2.45, 2.75) is 30.3 Å². The molecule has 0 bridgehead atoms. The lowest BCUT2D eigenvalue weighted by Crippen LogP contribution is -2.39. The number of pyridine rings is 1. The van der Waals surface area contributed by atoms with Crippen molar-refractivity contribution in [3.8, 4) is 11.8 Å². The number of nitrogens with one attached hydrogen (secondary N) is 1. The van der Waals surface area contributed by atoms with Crippen LogP contribution in [0.5, 0.6) is 0 Å². The second-order valence-corrected chi connectivity index (χ2v) is 9.51. The van der Waals surface area contributed by atoms with Gasteiger partial charge < -0.3 is 19.4 Å². The van der Waals surface area contributed by atoms with Gasteiger partial charge in [0.1, 0.15) is 5.52 Å². The number of hydrogen-bond donors (Lipinski definition) is 2. The molecule has 2 N–H and O–H groups in total. The van der Waals surface area contributed by atoms with Crippen molar-refractivity contribution in [1.82, 2.24) is 9.55 Å². The van der Waals surface area contributed by atoms with Crippen LogP contribution in [0.1, 0.15) is 41.0 Å². The van der Waals surface area contributed by atoms with Gasteiger partial charge in [-0.15, -0.1) is 0 Å². The van der Waals surface area contributed by atoms with Gasteiger partial charge in [0.25, 0.3) is 5.56 Å². The Hall–Kier alpha value is -2.71. The van der Waals surface area contributed by atoms with E-state index >= 15 is 0 Å². The smallest absolute Gasteiger partial charge is 0.340 e. The highest BCUT2D eigenvalue weighted by atomic mass is 127. The minimum Gasteiger partial charge on any atom is -0.462 e. The normalized spacial score (nSPS) is 13.5. The molecule has 0 saturated carbocycles. The van der Waals surface area contributed by atoms with Crippen molar-refractivity contribution in [3.63, 3.8) is 0 Å². The van der Waals surface area contributed by atoms with Gasteiger partial charge in [-0.2, -0.15) is 8.78 Å². The highest BCUT2D eigenvalue weighted by Gasteiger charge is 2.51. The molecule has 3 rings (SSSR count). The standard InChI is InChI=1S/C24H23F2IN2O4/c1-14(2)13-33-22(31)18-15(3)28-20-19(18)16(12-29(4)21(20)30)10-11-23(32,24(25,26)27)17-8-6-5-7-9-17/h5-9,12,14,28,32H,13H2,1-4H3. The number of alkyl halides is 3. The molecule has 0 fully saturated rings. The minimum absolute atomic E-state index is 0.0835. The quantitative estimate of drug-likeness (QED) is 0.209. The second kappa shape index (κ2) is 9.27. The summed E-state index contributed by atoms with van der Waals surface area (Å²) in [6, 6.07) is 7.39. The van der Waals surface area contributed by atoms with E-state index in [0.717, 1.165) is 22.6 Å². The third-order valence-corrected chi connectivity index (χ3v) is 5.83. The molecular formula is C24H23F2IN2O4. The van der Waals surface area contributed by atoms with Gasteiger partial charge in [0, 0.05) is 52.5 Å². The number of benzene rings is 1. The molecule has 2 aromatic heterocycles. The molecule has 33 heavy (non-hydrogen) atoms. The monoisotopic (exact) mass is 568 g/mol. The molecule has 0 saturated heterocycles. The van der Waals surface area contributed by atoms with Crippen molar-refractivity contribution >= 4 is 39.5 Å². The first-order chi connectivity index (χ1) is 15.4. The van der Waals surface area contributed by atoms with Crippen LogP contribution < -0.4 is 5.56 Å². The lowest BCUT2D eigenvalue weighted by molar-refractivity contribution is -0.0726. The van der Waals surface area contributed by atoms with Gasteiger partial charge in [0.05, 0.1) is 17.7 Å². The summed E-state index contributed by atoms with van der Waals surface area (Å²) in [5.74, 6) is 4.35. The Bertz CT molecular complexity index is 1310. The zero-order chi connectivity index (χ0) is 24.6. The number of carbonyl (C=O) groups is 1. The van der Waals surface area contributed by atoms with Crippen LogP contribution in [0.2, 0.25) is 0 Å². The summed E-state index contributed by atoms with van der Waals surface area (Å²) in [7, 11) is 1.48. The third kappa shape index (κ3) is 4.82. The van der Waals surface area contributed by atoms with Crippen LogP contribution in [0.4, 0.5) is 8.78 Å². The molecule has 0 aliphatic carbocycles. The average Bonchev–Trinajstić information content (AvgIpc) is 3.10. The number of aromatic nitrogens is 2. The van der Waals surface area contributed by atoms with Crippen molar-refractivity contribution in [1.29, 1.82) is 0 Å². The van der Waals surface area contributed by atoms with Crippen molar-refractivity contribution in [2.24, 2.45) is 13.0 Å². The van der Waals surface area contributed by atoms with E-state index in [0.29, 0.717) is 5.69 Å². The molecular weight excluding hydrogens is 545 g/mol. The van der Waals surface area contributed by atoms with Gasteiger partial charge in [0.2, 0.25) is 5.60 Å². The number of rotatable bonds is 5. The Morgan fingerprint density at radius 3 is 2.52 bits per heavy atom. The van der Waals surface area contributed by atoms with Crippen molar-refractivity contribution in [3.05, 3.63) is 69.3 Å². The summed E-state index contributed by atoms with van der Waals surface area (Å²) >= 11 is 0.849. The van der Waals surface area contributed by atoms with Crippen LogP contribution in [0, 0.1) is 24.7 Å². The Labute approximate surface area is 203 Å². The number of esters is 1. The van der Waals surface area contributed by atoms with Gasteiger partial charge >= 0.3 is 9.90 Å². The Kier molecular flexibility index (Phi) is 7.00. The fourth-order valence-electron chi connectivity index (χ4n) is 3.36. The molecule has 0 aliphatic rings. The molecule has 1 atom stereocenters. The maximum atomic E-state index is 14.5. The zero-order valence-electron chi connectivity index (χ0n) is 18.5. The molecule has 174 valence electrons. The molecule has 0 radical (unpaired) electrons. The summed E-state index contributed by atoms with van der Waals surface area (Å²) in [6.07, 6.45) is 1.35. The lowest BCUT2D eigenvalue weighted by atomic mass is 9.94. The van der Waals surface area contributed by atoms with Gasteiger partial charge in [-0.25, -0.2) is 4.79 Å². The number of halogens is 3. The van der Waals surface area contributed by atoms with Crippen LogP contribution in [0.25, 0.3) is 10.9 Å². The summed E-state index contributed by atoms with van der Waals surface area (Å²) in [5, 5.41) is 11.1. The number of hydrogen-bond acceptors (Lipinski definition) is 4. The number of nitrogens with zero attached hydrogens (tertiary/aromatic N) is 1. The Balaban J connectivity index is 2.26. The van der Waals surface area contributed by atoms with Gasteiger partial charge in [-0.05, 0) is 12.8 Å². The molecule has 0 amide bonds. The molecule has 0 aliphatic heterocycles. The molecule has 2 heterocycles. The molecule has 3 aromatic rings. The molecule has 0 spiro atoms. The topological polar surface area (TPSA) is 84.3 Å². The van der Waals surface area contributed by atoms with E-state index in [1.165, 1.54) is 42.1 Å². The molecule has 1 unspecified atom stereocenters. The number of H-pyrrole nitrogens is 1. The molecule has 6 nitrogen and oxygen atoms in total. The van der Waals surface area contributed by atoms with Crippen LogP contribution in [0.15, 0.2) is 41.3 Å². The SMILES string of the molecule is Cc1[nH]c2c(=O)n(C)cc(C#CC(O)(c3ccccc3)C(F)(F)I)c2c1C(=O)OCC(C)C. The first kappa shape index (κ1) is 24.9. The minimum atomic E-state index is -3.63. The third-order valence-electron chi connectivity index (χ3n) is 5.05. The molecule has 1 aromatic carbocycles. The highest BCUT2D eigenvalue weighted by molar-refractivity contribution is 14.1. The summed E-state index contributed by atoms with van der Waals surface area (Å²) in [6.45, 7) is 5.56. The van der Waals surface area contributed by atoms with Gasteiger partial charge in [0.15, 0.2) is 0 Å². The number of ether oxygens (including phenoxy) is 1. The van der Waals surface area contributed by atoms with Gasteiger partial charge in [-0.3, -0.25) is 4.79 Å². The zero-order valence-corrected chi connectivity index (χ0v) is 20.7. The van der Waals surface area contributed by atoms with Crippen LogP contribution >= 0.6 is 22.6 Å². The second-order valence-electron chi connectivity index (χ2n) is 8.15. The predicted molar refractivity (Wildman–Crippen MR) is 130 cm³/mol. The van der Waals surface area contributed by atoms with E-state index in [-0.39, 0.29) is 40.1 Å². The van der Waals surface area contributed by atoms with E-state index in [9.17, 15) is 23.5 Å². The fourth-order valence-corrected chi connectivity index (χ4v) is 3.80. The fraction of sp³-hybridized carbons (Fsp3) is 0.333. The Morgan fingerprint density at radius 2 is 1.94 bits per heavy atom. The van der Waals surface area contributed by atoms with E-state index in [1.54, 1.807) is 13.0 Å². The van der Waals surface area contributed by atoms with Crippen LogP contribution in [-0.2, 0) is 17.4 Å². The van der Waals surface area contributed by atoms with E-state index in [2.05, 4.69) is 16.8 Å². The lowest BCUT2D eigenvalue weighted by Gasteiger charge is -2.27. The van der Waals surface area contributed by atoms with Crippen LogP contribution in [0.3, 0.4) is 0 Å². The number of aryl methyl sites for hydroxylation is 2. The number of aromatic amines is 1. The first-order valence-corrected chi connectivity index (χ1v) is 11.2. The molecule has 9 heteroatoms. The first-order valence-electron chi connectivity index (χ1n) is 10.1. The highest BCUT2D eigenvalue weighted by Crippen LogP contribution is 2.42. The maximum absolute atomic E-state index is 14.5. The number of fused-ring (bicyclic) bond motifs is 1. The number of aliphatic hydroxyl groups is 1. The summed E-state index contributed by atoms with van der Waals surface area (Å²) in [4.78, 5) is 28.4. The Morgan fingerprint density at radius 1 is 1.30 bits per heavy atom. The van der Waals surface area contributed by atoms with E-state index < -0.39 is 21.1 Å². The summed E-state index contributed by atoms with van der Waals surface area (Å²) in [5.41, 5.74) is -2.58. The van der Waals surface area contributed by atoms with Crippen molar-refractivity contribution < 1.29 is 23.4 Å². The van der Waals surface area contributed by atoms with E-state index in [4.69, 9.17) is 4.74 Å². The number of carbonyl (C=O) groups excluding carboxylic acids is 1. The van der Waals surface area contributed by atoms with E-state index in [1.807, 2.05) is 13.8 Å². The van der Waals surface area contributed by atoms with Crippen LogP contribution in [-0.4, -0.2) is 31.2 Å². The predicted octanol–water partition coefficient (Wildman–Crippen LogP) is 4.25. The van der Waals surface area contributed by atoms with Crippen molar-refractivity contribution in [2.75, 3.05) is 6.61 Å². The largest absolute Gasteiger partial charge is 0.462 e. The van der Waals surface area contributed by atoms with Gasteiger partial charge in [-0.1, -0.05) is 56.0 Å². The maximum Gasteiger partial charge on any atom is 0.340 e. The average molecular weight is 568 g/mol.